The number of carbonyl (C=O) groups is 3. The van der Waals surface area contributed by atoms with Crippen LogP contribution in [0.1, 0.15) is 22.3 Å². The second kappa shape index (κ2) is 6.81. The Hall–Kier alpha value is -3.26. The molecule has 7 nitrogen and oxygen atoms in total. The maximum Gasteiger partial charge on any atom is 0.254 e. The number of fused-ring (bicyclic) bond motifs is 2. The van der Waals surface area contributed by atoms with E-state index in [-0.39, 0.29) is 6.42 Å². The molecule has 3 aromatic rings. The number of benzene rings is 2. The monoisotopic (exact) mass is 380 g/mol. The number of hydrogen-bond acceptors (Lipinski definition) is 5. The normalized spacial score (nSPS) is 16.3. The molecule has 3 N–H and O–H groups in total. The molecular weight excluding hydrogens is 364 g/mol. The molecule has 1 aromatic heterocycles. The lowest BCUT2D eigenvalue weighted by molar-refractivity contribution is -0.122. The van der Waals surface area contributed by atoms with Gasteiger partial charge in [-0.25, -0.2) is 4.98 Å². The second-order valence-electron chi connectivity index (χ2n) is 6.30. The van der Waals surface area contributed by atoms with Crippen LogP contribution in [0.25, 0.3) is 10.2 Å². The van der Waals surface area contributed by atoms with Crippen molar-refractivity contribution in [3.05, 3.63) is 53.6 Å². The van der Waals surface area contributed by atoms with Gasteiger partial charge in [-0.1, -0.05) is 29.5 Å². The number of carbonyl (C=O) groups excluding carboxylic acids is 3. The molecule has 3 amide bonds. The van der Waals surface area contributed by atoms with Gasteiger partial charge in [0.1, 0.15) is 6.04 Å². The fourth-order valence-corrected chi connectivity index (χ4v) is 3.88. The van der Waals surface area contributed by atoms with Crippen molar-refractivity contribution in [2.45, 2.75) is 19.4 Å². The molecule has 0 saturated heterocycles. The van der Waals surface area contributed by atoms with Crippen molar-refractivity contribution in [1.82, 2.24) is 10.3 Å². The van der Waals surface area contributed by atoms with E-state index >= 15 is 0 Å². The van der Waals surface area contributed by atoms with Crippen LogP contribution in [0.15, 0.2) is 42.5 Å². The third-order valence-corrected chi connectivity index (χ3v) is 5.16. The zero-order valence-electron chi connectivity index (χ0n) is 14.4. The van der Waals surface area contributed by atoms with Crippen molar-refractivity contribution in [2.24, 2.45) is 0 Å². The minimum absolute atomic E-state index is 0.180. The van der Waals surface area contributed by atoms with Gasteiger partial charge in [0.05, 0.1) is 27.9 Å². The van der Waals surface area contributed by atoms with Gasteiger partial charge in [0.25, 0.3) is 5.91 Å². The van der Waals surface area contributed by atoms with Crippen molar-refractivity contribution in [1.29, 1.82) is 0 Å². The van der Waals surface area contributed by atoms with Gasteiger partial charge in [0.15, 0.2) is 5.13 Å². The molecule has 4 rings (SSSR count). The minimum Gasteiger partial charge on any atom is -0.340 e. The summed E-state index contributed by atoms with van der Waals surface area (Å²) in [4.78, 5) is 41.4. The predicted octanol–water partition coefficient (Wildman–Crippen LogP) is 2.68. The summed E-state index contributed by atoms with van der Waals surface area (Å²) in [5.74, 6) is -1.21. The lowest BCUT2D eigenvalue weighted by Crippen LogP contribution is -2.43. The first-order chi connectivity index (χ1) is 13.0. The summed E-state index contributed by atoms with van der Waals surface area (Å²) in [6.07, 6.45) is -0.180. The Labute approximate surface area is 158 Å². The summed E-state index contributed by atoms with van der Waals surface area (Å²) < 4.78 is 0.973. The Bertz CT molecular complexity index is 1080. The van der Waals surface area contributed by atoms with Crippen LogP contribution in [0.5, 0.6) is 0 Å². The molecule has 0 radical (unpaired) electrons. The smallest absolute Gasteiger partial charge is 0.254 e. The van der Waals surface area contributed by atoms with E-state index in [2.05, 4.69) is 20.9 Å². The van der Waals surface area contributed by atoms with Crippen molar-refractivity contribution in [2.75, 3.05) is 10.6 Å². The first-order valence-electron chi connectivity index (χ1n) is 8.37. The van der Waals surface area contributed by atoms with E-state index in [1.165, 1.54) is 11.3 Å². The summed E-state index contributed by atoms with van der Waals surface area (Å²) in [5, 5.41) is 8.47. The van der Waals surface area contributed by atoms with Gasteiger partial charge in [-0.3, -0.25) is 14.4 Å². The second-order valence-corrected chi connectivity index (χ2v) is 7.33. The third-order valence-electron chi connectivity index (χ3n) is 4.23. The lowest BCUT2D eigenvalue weighted by Gasteiger charge is -2.13. The summed E-state index contributed by atoms with van der Waals surface area (Å²) >= 11 is 1.37. The number of aromatic nitrogens is 1. The number of hydrogen-bond donors (Lipinski definition) is 3. The Morgan fingerprint density at radius 1 is 1.22 bits per heavy atom. The van der Waals surface area contributed by atoms with Crippen LogP contribution in [0.2, 0.25) is 0 Å². The Morgan fingerprint density at radius 3 is 2.89 bits per heavy atom. The fraction of sp³-hybridized carbons (Fsp3) is 0.158. The summed E-state index contributed by atoms with van der Waals surface area (Å²) in [7, 11) is 0. The maximum absolute atomic E-state index is 12.4. The topological polar surface area (TPSA) is 100 Å². The van der Waals surface area contributed by atoms with E-state index in [0.29, 0.717) is 16.4 Å². The van der Waals surface area contributed by atoms with Crippen molar-refractivity contribution in [3.63, 3.8) is 0 Å². The minimum atomic E-state index is -0.957. The first kappa shape index (κ1) is 17.2. The first-order valence-corrected chi connectivity index (χ1v) is 9.19. The van der Waals surface area contributed by atoms with Gasteiger partial charge in [-0.05, 0) is 36.8 Å². The van der Waals surface area contributed by atoms with Gasteiger partial charge in [0, 0.05) is 0 Å². The molecular formula is C19H16N4O3S. The molecule has 0 unspecified atom stereocenters. The van der Waals surface area contributed by atoms with E-state index in [0.717, 1.165) is 15.8 Å². The van der Waals surface area contributed by atoms with Crippen LogP contribution in [-0.4, -0.2) is 28.7 Å². The highest BCUT2D eigenvalue weighted by Gasteiger charge is 2.29. The van der Waals surface area contributed by atoms with Gasteiger partial charge in [0.2, 0.25) is 11.8 Å². The average molecular weight is 380 g/mol. The number of thiazole rings is 1. The maximum atomic E-state index is 12.4. The summed E-state index contributed by atoms with van der Waals surface area (Å²) in [6, 6.07) is 11.6. The molecule has 2 aromatic carbocycles. The van der Waals surface area contributed by atoms with E-state index in [9.17, 15) is 14.4 Å². The molecule has 0 saturated carbocycles. The van der Waals surface area contributed by atoms with Crippen molar-refractivity contribution < 1.29 is 14.4 Å². The number of rotatable bonds is 3. The van der Waals surface area contributed by atoms with Gasteiger partial charge >= 0.3 is 0 Å². The third kappa shape index (κ3) is 3.52. The van der Waals surface area contributed by atoms with Crippen LogP contribution >= 0.6 is 11.3 Å². The number of anilines is 2. The quantitative estimate of drug-likeness (QED) is 0.650. The van der Waals surface area contributed by atoms with E-state index in [1.807, 2.05) is 25.1 Å². The zero-order valence-corrected chi connectivity index (χ0v) is 15.2. The molecule has 0 fully saturated rings. The number of amides is 3. The van der Waals surface area contributed by atoms with Crippen molar-refractivity contribution in [3.8, 4) is 0 Å². The van der Waals surface area contributed by atoms with Crippen LogP contribution in [0.3, 0.4) is 0 Å². The van der Waals surface area contributed by atoms with Gasteiger partial charge in [-0.2, -0.15) is 0 Å². The SMILES string of the molecule is Cc1ccc2nc(NC(=O)C[C@H]3NC(=O)c4ccccc4NC3=O)sc2c1. The Morgan fingerprint density at radius 2 is 2.04 bits per heavy atom. The molecule has 1 atom stereocenters. The summed E-state index contributed by atoms with van der Waals surface area (Å²) in [5.41, 5.74) is 2.72. The highest BCUT2D eigenvalue weighted by Crippen LogP contribution is 2.27. The molecule has 136 valence electrons. The fourth-order valence-electron chi connectivity index (χ4n) is 2.90. The summed E-state index contributed by atoms with van der Waals surface area (Å²) in [6.45, 7) is 1.99. The number of nitrogens with one attached hydrogen (secondary N) is 3. The Kier molecular flexibility index (Phi) is 4.33. The van der Waals surface area contributed by atoms with E-state index in [1.54, 1.807) is 24.3 Å². The molecule has 1 aliphatic rings. The van der Waals surface area contributed by atoms with Gasteiger partial charge < -0.3 is 16.0 Å². The highest BCUT2D eigenvalue weighted by atomic mass is 32.1. The molecule has 1 aliphatic heterocycles. The molecule has 0 aliphatic carbocycles. The average Bonchev–Trinajstić information content (AvgIpc) is 2.97. The number of aryl methyl sites for hydroxylation is 1. The zero-order chi connectivity index (χ0) is 19.0. The molecule has 0 spiro atoms. The predicted molar refractivity (Wildman–Crippen MR) is 104 cm³/mol. The van der Waals surface area contributed by atoms with Crippen LogP contribution in [0.4, 0.5) is 10.8 Å². The molecule has 0 bridgehead atoms. The Balaban J connectivity index is 1.47. The standard InChI is InChI=1S/C19H16N4O3S/c1-10-6-7-13-15(8-10)27-19(22-13)23-16(24)9-14-18(26)20-12-5-3-2-4-11(12)17(25)21-14/h2-8,14H,9H2,1H3,(H,20,26)(H,21,25)(H,22,23,24)/t14-/m1/s1. The molecule has 8 heteroatoms. The highest BCUT2D eigenvalue weighted by molar-refractivity contribution is 7.22. The van der Waals surface area contributed by atoms with E-state index < -0.39 is 23.8 Å². The van der Waals surface area contributed by atoms with Crippen molar-refractivity contribution >= 4 is 50.1 Å². The number of nitrogens with zero attached hydrogens (tertiary/aromatic N) is 1. The number of para-hydroxylation sites is 1. The van der Waals surface area contributed by atoms with Gasteiger partial charge in [-0.15, -0.1) is 0 Å². The molecule has 2 heterocycles. The largest absolute Gasteiger partial charge is 0.340 e. The van der Waals surface area contributed by atoms with E-state index in [4.69, 9.17) is 0 Å². The van der Waals surface area contributed by atoms with Crippen LogP contribution < -0.4 is 16.0 Å². The van der Waals surface area contributed by atoms with Crippen LogP contribution in [-0.2, 0) is 9.59 Å². The molecule has 27 heavy (non-hydrogen) atoms. The van der Waals surface area contributed by atoms with Crippen LogP contribution in [0, 0.1) is 6.92 Å². The lowest BCUT2D eigenvalue weighted by atomic mass is 10.1.